The normalized spacial score (nSPS) is 10.5. The average molecular weight is 333 g/mol. The summed E-state index contributed by atoms with van der Waals surface area (Å²) in [7, 11) is 0. The third-order valence-electron chi connectivity index (χ3n) is 3.36. The molecule has 1 aromatic carbocycles. The van der Waals surface area contributed by atoms with Crippen molar-refractivity contribution in [2.24, 2.45) is 0 Å². The van der Waals surface area contributed by atoms with Crippen LogP contribution in [0, 0.1) is 6.92 Å². The molecule has 124 valence electrons. The van der Waals surface area contributed by atoms with Gasteiger partial charge in [-0.15, -0.1) is 10.2 Å². The van der Waals surface area contributed by atoms with E-state index in [1.54, 1.807) is 0 Å². The minimum Gasteiger partial charge on any atom is -0.493 e. The van der Waals surface area contributed by atoms with Crippen LogP contribution in [0.15, 0.2) is 24.3 Å². The van der Waals surface area contributed by atoms with Crippen molar-refractivity contribution in [1.29, 1.82) is 0 Å². The minimum absolute atomic E-state index is 0.0448. The molecule has 2 aromatic rings. The van der Waals surface area contributed by atoms with Crippen LogP contribution >= 0.6 is 11.3 Å². The fraction of sp³-hybridized carbons (Fsp3) is 0.471. The summed E-state index contributed by atoms with van der Waals surface area (Å²) in [6, 6.07) is 7.87. The number of hydrogen-bond acceptors (Lipinski definition) is 5. The zero-order valence-electron chi connectivity index (χ0n) is 13.7. The van der Waals surface area contributed by atoms with Gasteiger partial charge in [0.15, 0.2) is 0 Å². The molecule has 5 nitrogen and oxygen atoms in total. The standard InChI is InChI=1S/C17H23N3O2S/c1-3-4-11-16-19-20-17(23-16)18-15(21)10-7-12-22-14-9-6-5-8-13(14)2/h5-6,8-9H,3-4,7,10-12H2,1-2H3,(H,18,20,21). The lowest BCUT2D eigenvalue weighted by molar-refractivity contribution is -0.116. The van der Waals surface area contributed by atoms with E-state index in [0.29, 0.717) is 24.6 Å². The monoisotopic (exact) mass is 333 g/mol. The number of anilines is 1. The lowest BCUT2D eigenvalue weighted by Gasteiger charge is -2.08. The van der Waals surface area contributed by atoms with Crippen molar-refractivity contribution in [3.05, 3.63) is 34.8 Å². The first-order valence-corrected chi connectivity index (χ1v) is 8.81. The van der Waals surface area contributed by atoms with Gasteiger partial charge in [0.05, 0.1) is 6.61 Å². The summed E-state index contributed by atoms with van der Waals surface area (Å²) in [5.41, 5.74) is 1.10. The van der Waals surface area contributed by atoms with E-state index in [4.69, 9.17) is 4.74 Å². The van der Waals surface area contributed by atoms with E-state index in [-0.39, 0.29) is 5.91 Å². The van der Waals surface area contributed by atoms with Crippen molar-refractivity contribution < 1.29 is 9.53 Å². The van der Waals surface area contributed by atoms with Crippen molar-refractivity contribution in [2.75, 3.05) is 11.9 Å². The van der Waals surface area contributed by atoms with Gasteiger partial charge in [0.2, 0.25) is 11.0 Å². The average Bonchev–Trinajstić information content (AvgIpc) is 2.98. The van der Waals surface area contributed by atoms with Gasteiger partial charge in [-0.3, -0.25) is 4.79 Å². The molecule has 0 aliphatic carbocycles. The highest BCUT2D eigenvalue weighted by molar-refractivity contribution is 7.15. The number of rotatable bonds is 9. The van der Waals surface area contributed by atoms with E-state index in [0.717, 1.165) is 35.6 Å². The number of amides is 1. The SMILES string of the molecule is CCCCc1nnc(NC(=O)CCCOc2ccccc2C)s1. The van der Waals surface area contributed by atoms with Crippen LogP contribution in [0.4, 0.5) is 5.13 Å². The first-order valence-electron chi connectivity index (χ1n) is 7.99. The predicted octanol–water partition coefficient (Wildman–Crippen LogP) is 3.99. The predicted molar refractivity (Wildman–Crippen MR) is 93.1 cm³/mol. The Morgan fingerprint density at radius 1 is 1.26 bits per heavy atom. The molecule has 23 heavy (non-hydrogen) atoms. The smallest absolute Gasteiger partial charge is 0.226 e. The molecule has 0 spiro atoms. The van der Waals surface area contributed by atoms with Crippen LogP contribution in [0.2, 0.25) is 0 Å². The summed E-state index contributed by atoms with van der Waals surface area (Å²) in [6.45, 7) is 4.67. The summed E-state index contributed by atoms with van der Waals surface area (Å²) in [4.78, 5) is 11.9. The van der Waals surface area contributed by atoms with Gasteiger partial charge in [-0.1, -0.05) is 42.9 Å². The summed E-state index contributed by atoms with van der Waals surface area (Å²) >= 11 is 1.45. The maximum absolute atomic E-state index is 11.9. The Hall–Kier alpha value is -1.95. The second kappa shape index (κ2) is 9.25. The zero-order valence-corrected chi connectivity index (χ0v) is 14.5. The molecule has 0 fully saturated rings. The van der Waals surface area contributed by atoms with Crippen LogP contribution in [0.25, 0.3) is 0 Å². The molecule has 0 saturated carbocycles. The van der Waals surface area contributed by atoms with Crippen LogP contribution in [-0.4, -0.2) is 22.7 Å². The molecule has 0 aliphatic heterocycles. The van der Waals surface area contributed by atoms with Crippen molar-refractivity contribution in [2.45, 2.75) is 46.0 Å². The molecule has 2 rings (SSSR count). The summed E-state index contributed by atoms with van der Waals surface area (Å²) in [5, 5.41) is 12.4. The highest BCUT2D eigenvalue weighted by atomic mass is 32.1. The van der Waals surface area contributed by atoms with E-state index in [2.05, 4.69) is 22.4 Å². The van der Waals surface area contributed by atoms with Crippen molar-refractivity contribution in [3.63, 3.8) is 0 Å². The van der Waals surface area contributed by atoms with E-state index < -0.39 is 0 Å². The number of unbranched alkanes of at least 4 members (excludes halogenated alkanes) is 1. The van der Waals surface area contributed by atoms with E-state index in [9.17, 15) is 4.79 Å². The molecular formula is C17H23N3O2S. The Morgan fingerprint density at radius 3 is 2.87 bits per heavy atom. The minimum atomic E-state index is -0.0448. The third kappa shape index (κ3) is 5.98. The highest BCUT2D eigenvalue weighted by Gasteiger charge is 2.08. The molecule has 6 heteroatoms. The lowest BCUT2D eigenvalue weighted by Crippen LogP contribution is -2.12. The van der Waals surface area contributed by atoms with Gasteiger partial charge in [-0.25, -0.2) is 0 Å². The number of nitrogens with one attached hydrogen (secondary N) is 1. The molecule has 0 radical (unpaired) electrons. The summed E-state index contributed by atoms with van der Waals surface area (Å²) < 4.78 is 5.68. The molecule has 0 saturated heterocycles. The number of ether oxygens (including phenoxy) is 1. The van der Waals surface area contributed by atoms with Gasteiger partial charge < -0.3 is 10.1 Å². The first kappa shape index (κ1) is 17.4. The maximum Gasteiger partial charge on any atom is 0.226 e. The zero-order chi connectivity index (χ0) is 16.5. The van der Waals surface area contributed by atoms with E-state index in [1.165, 1.54) is 11.3 Å². The number of benzene rings is 1. The third-order valence-corrected chi connectivity index (χ3v) is 4.26. The number of aromatic nitrogens is 2. The van der Waals surface area contributed by atoms with E-state index >= 15 is 0 Å². The Bertz CT molecular complexity index is 628. The number of hydrogen-bond donors (Lipinski definition) is 1. The number of aryl methyl sites for hydroxylation is 2. The van der Waals surface area contributed by atoms with Crippen LogP contribution in [0.3, 0.4) is 0 Å². The number of carbonyl (C=O) groups excluding carboxylic acids is 1. The molecule has 0 bridgehead atoms. The molecule has 1 heterocycles. The van der Waals surface area contributed by atoms with Crippen LogP contribution in [0.1, 0.15) is 43.2 Å². The van der Waals surface area contributed by atoms with Gasteiger partial charge in [0.1, 0.15) is 10.8 Å². The van der Waals surface area contributed by atoms with Crippen molar-refractivity contribution in [3.8, 4) is 5.75 Å². The van der Waals surface area contributed by atoms with Crippen molar-refractivity contribution in [1.82, 2.24) is 10.2 Å². The van der Waals surface area contributed by atoms with Gasteiger partial charge in [0.25, 0.3) is 0 Å². The molecule has 1 aromatic heterocycles. The molecule has 0 unspecified atom stereocenters. The highest BCUT2D eigenvalue weighted by Crippen LogP contribution is 2.18. The summed E-state index contributed by atoms with van der Waals surface area (Å²) in [5.74, 6) is 0.828. The molecule has 0 atom stereocenters. The Balaban J connectivity index is 1.67. The first-order chi connectivity index (χ1) is 11.2. The van der Waals surface area contributed by atoms with Gasteiger partial charge >= 0.3 is 0 Å². The fourth-order valence-electron chi connectivity index (χ4n) is 2.05. The maximum atomic E-state index is 11.9. The van der Waals surface area contributed by atoms with Gasteiger partial charge in [0, 0.05) is 12.8 Å². The van der Waals surface area contributed by atoms with Crippen LogP contribution in [0.5, 0.6) is 5.75 Å². The summed E-state index contributed by atoms with van der Waals surface area (Å²) in [6.07, 6.45) is 4.23. The molecular weight excluding hydrogens is 310 g/mol. The second-order valence-electron chi connectivity index (χ2n) is 5.37. The van der Waals surface area contributed by atoms with Crippen LogP contribution < -0.4 is 10.1 Å². The van der Waals surface area contributed by atoms with Crippen molar-refractivity contribution >= 4 is 22.4 Å². The van der Waals surface area contributed by atoms with E-state index in [1.807, 2.05) is 31.2 Å². The Kier molecular flexibility index (Phi) is 7.00. The second-order valence-corrected chi connectivity index (χ2v) is 6.43. The fourth-order valence-corrected chi connectivity index (χ4v) is 2.85. The lowest BCUT2D eigenvalue weighted by atomic mass is 10.2. The van der Waals surface area contributed by atoms with Gasteiger partial charge in [-0.2, -0.15) is 0 Å². The number of carbonyl (C=O) groups is 1. The molecule has 1 N–H and O–H groups in total. The Labute approximate surface area is 141 Å². The molecule has 0 aliphatic rings. The number of nitrogens with zero attached hydrogens (tertiary/aromatic N) is 2. The van der Waals surface area contributed by atoms with Crippen LogP contribution in [-0.2, 0) is 11.2 Å². The Morgan fingerprint density at radius 2 is 2.09 bits per heavy atom. The largest absolute Gasteiger partial charge is 0.493 e. The quantitative estimate of drug-likeness (QED) is 0.705. The molecule has 1 amide bonds. The van der Waals surface area contributed by atoms with Gasteiger partial charge in [-0.05, 0) is 31.4 Å². The number of para-hydroxylation sites is 1. The topological polar surface area (TPSA) is 64.1 Å².